The molecule has 0 aliphatic carbocycles. The van der Waals surface area contributed by atoms with Gasteiger partial charge in [0.1, 0.15) is 59.4 Å². The SMILES string of the molecule is C#Cc1c(F)ccc2cccc(-c3ncc4c(N5CC6CCC(C5)N6)nc(OCC56CCC[N+]5(C)CC(Oc5cccc(Sn7cnc(C)n7)c5)C6)nc4c3F)c12. The lowest BCUT2D eigenvalue weighted by molar-refractivity contribution is -0.934. The average Bonchev–Trinajstić information content (AvgIpc) is 3.93. The Morgan fingerprint density at radius 2 is 1.91 bits per heavy atom. The minimum Gasteiger partial charge on any atom is -0.484 e. The van der Waals surface area contributed by atoms with Gasteiger partial charge < -0.3 is 24.2 Å². The summed E-state index contributed by atoms with van der Waals surface area (Å²) in [5.74, 6) is 3.42. The number of hydrogen-bond donors (Lipinski definition) is 1. The van der Waals surface area contributed by atoms with Crippen LogP contribution in [0.25, 0.3) is 32.9 Å². The van der Waals surface area contributed by atoms with Gasteiger partial charge in [0.15, 0.2) is 11.9 Å². The molecule has 4 aliphatic heterocycles. The minimum atomic E-state index is -0.632. The fourth-order valence-electron chi connectivity index (χ4n) is 9.83. The number of hydrogen-bond acceptors (Lipinski definition) is 10. The molecule has 5 unspecified atom stereocenters. The van der Waals surface area contributed by atoms with E-state index in [0.717, 1.165) is 79.2 Å². The zero-order chi connectivity index (χ0) is 38.9. The summed E-state index contributed by atoms with van der Waals surface area (Å²) >= 11 is 1.48. The van der Waals surface area contributed by atoms with Crippen LogP contribution in [0.4, 0.5) is 14.6 Å². The highest BCUT2D eigenvalue weighted by molar-refractivity contribution is 7.97. The fraction of sp³-hybridized carbons (Fsp3) is 0.372. The van der Waals surface area contributed by atoms with Gasteiger partial charge in [-0.05, 0) is 49.4 Å². The van der Waals surface area contributed by atoms with Gasteiger partial charge in [-0.2, -0.15) is 14.1 Å². The van der Waals surface area contributed by atoms with Gasteiger partial charge in [0.25, 0.3) is 0 Å². The van der Waals surface area contributed by atoms with Gasteiger partial charge in [-0.1, -0.05) is 36.3 Å². The standard InChI is InChI=1S/C43H42F2N9O2S/c1-4-33-36(44)15-12-27-8-5-11-34(37(27)33)39-38(45)40-35(20-46-39)41(52-21-28-13-14-29(22-52)48-28)50-42(49-40)55-24-43-16-7-17-54(43,3)23-31(19-43)56-30-9-6-10-32(18-30)57-53-25-47-26(2)51-53/h1,5-6,8-12,15,18,20,25,28-29,31,48H,7,13-14,16-17,19,21-24H2,2-3H3/q+1. The largest absolute Gasteiger partial charge is 0.484 e. The van der Waals surface area contributed by atoms with E-state index >= 15 is 4.39 Å². The summed E-state index contributed by atoms with van der Waals surface area (Å²) in [7, 11) is 2.29. The number of piperazine rings is 1. The van der Waals surface area contributed by atoms with E-state index in [2.05, 4.69) is 38.3 Å². The highest BCUT2D eigenvalue weighted by Gasteiger charge is 2.60. The number of aromatic nitrogens is 6. The van der Waals surface area contributed by atoms with Crippen LogP contribution in [0.1, 0.15) is 43.5 Å². The topological polar surface area (TPSA) is 103 Å². The van der Waals surface area contributed by atoms with Crippen LogP contribution in [0.2, 0.25) is 0 Å². The van der Waals surface area contributed by atoms with E-state index in [4.69, 9.17) is 25.9 Å². The third-order valence-corrected chi connectivity index (χ3v) is 13.4. The first-order valence-corrected chi connectivity index (χ1v) is 20.3. The number of halogens is 2. The van der Waals surface area contributed by atoms with Gasteiger partial charge in [-0.25, -0.2) is 13.8 Å². The third kappa shape index (κ3) is 6.32. The van der Waals surface area contributed by atoms with Gasteiger partial charge in [-0.15, -0.1) is 11.5 Å². The second kappa shape index (κ2) is 13.9. The van der Waals surface area contributed by atoms with Crippen molar-refractivity contribution in [3.63, 3.8) is 0 Å². The van der Waals surface area contributed by atoms with E-state index in [9.17, 15) is 4.39 Å². The quantitative estimate of drug-likeness (QED) is 0.126. The van der Waals surface area contributed by atoms with Crippen LogP contribution in [-0.2, 0) is 0 Å². The number of likely N-dealkylation sites (N-methyl/N-ethyl adjacent to an activating group) is 1. The van der Waals surface area contributed by atoms with Crippen molar-refractivity contribution in [3.05, 3.63) is 90.1 Å². The Labute approximate surface area is 333 Å². The van der Waals surface area contributed by atoms with Gasteiger partial charge in [0.2, 0.25) is 0 Å². The molecular weight excluding hydrogens is 745 g/mol. The molecule has 4 aliphatic rings. The number of anilines is 1. The molecule has 290 valence electrons. The molecule has 11 nitrogen and oxygen atoms in total. The van der Waals surface area contributed by atoms with E-state index in [1.165, 1.54) is 18.0 Å². The molecule has 0 spiro atoms. The van der Waals surface area contributed by atoms with Gasteiger partial charge in [-0.3, -0.25) is 4.98 Å². The Hall–Kier alpha value is -5.36. The van der Waals surface area contributed by atoms with E-state index < -0.39 is 11.6 Å². The number of rotatable bonds is 9. The maximum Gasteiger partial charge on any atom is 0.319 e. The molecule has 6 aromatic rings. The number of fused-ring (bicyclic) bond motifs is 5. The van der Waals surface area contributed by atoms with Crippen LogP contribution in [0.15, 0.2) is 72.0 Å². The number of pyridine rings is 1. The smallest absolute Gasteiger partial charge is 0.319 e. The molecule has 10 rings (SSSR count). The predicted octanol–water partition coefficient (Wildman–Crippen LogP) is 6.71. The normalized spacial score (nSPS) is 25.2. The minimum absolute atomic E-state index is 0.0262. The molecule has 0 amide bonds. The van der Waals surface area contributed by atoms with Crippen LogP contribution in [0, 0.1) is 30.9 Å². The Kier molecular flexibility index (Phi) is 8.80. The van der Waals surface area contributed by atoms with Crippen LogP contribution in [0.5, 0.6) is 11.8 Å². The second-order valence-corrected chi connectivity index (χ2v) is 17.2. The highest BCUT2D eigenvalue weighted by atomic mass is 32.2. The van der Waals surface area contributed by atoms with Crippen LogP contribution < -0.4 is 19.7 Å². The second-order valence-electron chi connectivity index (χ2n) is 16.1. The molecule has 0 saturated carbocycles. The molecule has 3 aromatic carbocycles. The van der Waals surface area contributed by atoms with E-state index in [0.29, 0.717) is 46.2 Å². The number of benzene rings is 3. The predicted molar refractivity (Wildman–Crippen MR) is 215 cm³/mol. The van der Waals surface area contributed by atoms with Crippen molar-refractivity contribution in [2.24, 2.45) is 0 Å². The molecule has 14 heteroatoms. The molecular formula is C43H42F2N9O2S+. The maximum atomic E-state index is 17.1. The molecule has 5 atom stereocenters. The summed E-state index contributed by atoms with van der Waals surface area (Å²) < 4.78 is 48.0. The summed E-state index contributed by atoms with van der Waals surface area (Å²) in [6.07, 6.45) is 14.1. The van der Waals surface area contributed by atoms with Crippen LogP contribution in [-0.4, -0.2) is 97.2 Å². The summed E-state index contributed by atoms with van der Waals surface area (Å²) in [6, 6.07) is 17.1. The van der Waals surface area contributed by atoms with Crippen LogP contribution >= 0.6 is 11.9 Å². The van der Waals surface area contributed by atoms with Crippen LogP contribution in [0.3, 0.4) is 0 Å². The number of nitrogens with zero attached hydrogens (tertiary/aromatic N) is 8. The number of terminal acetylenes is 1. The van der Waals surface area contributed by atoms with Gasteiger partial charge in [0, 0.05) is 78.4 Å². The Bertz CT molecular complexity index is 2590. The van der Waals surface area contributed by atoms with Crippen molar-refractivity contribution in [1.29, 1.82) is 0 Å². The number of quaternary nitrogens is 1. The number of nitrogens with one attached hydrogen (secondary N) is 1. The first-order valence-electron chi connectivity index (χ1n) is 19.5. The van der Waals surface area contributed by atoms with Crippen molar-refractivity contribution < 1.29 is 22.7 Å². The average molecular weight is 787 g/mol. The first-order chi connectivity index (χ1) is 27.7. The van der Waals surface area contributed by atoms with Crippen molar-refractivity contribution in [2.45, 2.75) is 67.6 Å². The number of ether oxygens (including phenoxy) is 2. The van der Waals surface area contributed by atoms with E-state index in [-0.39, 0.29) is 34.4 Å². The van der Waals surface area contributed by atoms with Crippen molar-refractivity contribution >= 4 is 39.4 Å². The first kappa shape index (κ1) is 36.0. The fourth-order valence-corrected chi connectivity index (χ4v) is 10.6. The maximum absolute atomic E-state index is 17.1. The lowest BCUT2D eigenvalue weighted by Gasteiger charge is -2.39. The van der Waals surface area contributed by atoms with Crippen molar-refractivity contribution in [2.75, 3.05) is 44.7 Å². The highest BCUT2D eigenvalue weighted by Crippen LogP contribution is 2.46. The zero-order valence-electron chi connectivity index (χ0n) is 31.8. The Morgan fingerprint density at radius 1 is 1.07 bits per heavy atom. The van der Waals surface area contributed by atoms with E-state index in [1.54, 1.807) is 34.8 Å². The molecule has 0 radical (unpaired) electrons. The molecule has 2 bridgehead atoms. The molecule has 3 aromatic heterocycles. The summed E-state index contributed by atoms with van der Waals surface area (Å²) in [4.78, 5) is 21.9. The van der Waals surface area contributed by atoms with Crippen molar-refractivity contribution in [1.82, 2.24) is 34.4 Å². The molecule has 4 fully saturated rings. The Balaban J connectivity index is 0.978. The number of aryl methyl sites for hydroxylation is 1. The van der Waals surface area contributed by atoms with Crippen molar-refractivity contribution in [3.8, 4) is 35.4 Å². The molecule has 7 heterocycles. The lowest BCUT2D eigenvalue weighted by atomic mass is 9.93. The van der Waals surface area contributed by atoms with E-state index in [1.807, 2.05) is 37.3 Å². The van der Waals surface area contributed by atoms with Gasteiger partial charge in [0.05, 0.1) is 24.5 Å². The monoisotopic (exact) mass is 786 g/mol. The van der Waals surface area contributed by atoms with Gasteiger partial charge >= 0.3 is 6.01 Å². The summed E-state index contributed by atoms with van der Waals surface area (Å²) in [5.41, 5.74) is 0.378. The zero-order valence-corrected chi connectivity index (χ0v) is 32.6. The summed E-state index contributed by atoms with van der Waals surface area (Å²) in [5, 5.41) is 9.70. The third-order valence-electron chi connectivity index (χ3n) is 12.6. The summed E-state index contributed by atoms with van der Waals surface area (Å²) in [6.45, 7) is 5.53. The molecule has 4 saturated heterocycles. The molecule has 1 N–H and O–H groups in total. The molecule has 57 heavy (non-hydrogen) atoms. The lowest BCUT2D eigenvalue weighted by Crippen LogP contribution is -2.56. The Morgan fingerprint density at radius 3 is 2.72 bits per heavy atom.